The van der Waals surface area contributed by atoms with Crippen molar-refractivity contribution in [3.63, 3.8) is 0 Å². The number of aromatic nitrogens is 2. The van der Waals surface area contributed by atoms with Crippen LogP contribution in [0, 0.1) is 18.3 Å². The van der Waals surface area contributed by atoms with Gasteiger partial charge in [-0.2, -0.15) is 5.26 Å². The lowest BCUT2D eigenvalue weighted by Gasteiger charge is -2.18. The molecule has 4 heteroatoms. The standard InChI is InChI=1S/C14H14N4/c1-11-7-12(9-15)8-14(17-11)18(2)10-13-5-3-4-6-16-13/h3-8H,10H2,1-2H3. The first-order valence-electron chi connectivity index (χ1n) is 5.69. The Morgan fingerprint density at radius 2 is 2.17 bits per heavy atom. The molecule has 0 saturated carbocycles. The van der Waals surface area contributed by atoms with Crippen LogP contribution in [-0.4, -0.2) is 17.0 Å². The molecule has 90 valence electrons. The van der Waals surface area contributed by atoms with Gasteiger partial charge in [0.15, 0.2) is 0 Å². The quantitative estimate of drug-likeness (QED) is 0.823. The molecule has 0 aliphatic heterocycles. The molecule has 0 bridgehead atoms. The first-order chi connectivity index (χ1) is 8.69. The van der Waals surface area contributed by atoms with Crippen LogP contribution in [0.25, 0.3) is 0 Å². The second kappa shape index (κ2) is 5.28. The lowest BCUT2D eigenvalue weighted by atomic mass is 10.2. The van der Waals surface area contributed by atoms with Gasteiger partial charge >= 0.3 is 0 Å². The van der Waals surface area contributed by atoms with Gasteiger partial charge in [0.25, 0.3) is 0 Å². The second-order valence-corrected chi connectivity index (χ2v) is 4.14. The van der Waals surface area contributed by atoms with Gasteiger partial charge in [-0.25, -0.2) is 4.98 Å². The van der Waals surface area contributed by atoms with Gasteiger partial charge < -0.3 is 4.90 Å². The van der Waals surface area contributed by atoms with Crippen LogP contribution in [0.15, 0.2) is 36.5 Å². The maximum Gasteiger partial charge on any atom is 0.130 e. The SMILES string of the molecule is Cc1cc(C#N)cc(N(C)Cc2ccccn2)n1. The minimum absolute atomic E-state index is 0.630. The van der Waals surface area contributed by atoms with Gasteiger partial charge in [0, 0.05) is 18.9 Å². The highest BCUT2D eigenvalue weighted by Gasteiger charge is 2.06. The van der Waals surface area contributed by atoms with E-state index in [4.69, 9.17) is 5.26 Å². The van der Waals surface area contributed by atoms with Crippen molar-refractivity contribution in [1.82, 2.24) is 9.97 Å². The number of rotatable bonds is 3. The highest BCUT2D eigenvalue weighted by atomic mass is 15.2. The van der Waals surface area contributed by atoms with Crippen molar-refractivity contribution in [3.8, 4) is 6.07 Å². The topological polar surface area (TPSA) is 52.8 Å². The third kappa shape index (κ3) is 2.83. The predicted molar refractivity (Wildman–Crippen MR) is 70.0 cm³/mol. The van der Waals surface area contributed by atoms with E-state index >= 15 is 0 Å². The molecular weight excluding hydrogens is 224 g/mol. The number of hydrogen-bond donors (Lipinski definition) is 0. The Labute approximate surface area is 107 Å². The molecule has 0 fully saturated rings. The van der Waals surface area contributed by atoms with Crippen LogP contribution in [0.3, 0.4) is 0 Å². The summed E-state index contributed by atoms with van der Waals surface area (Å²) in [6.45, 7) is 2.56. The smallest absolute Gasteiger partial charge is 0.130 e. The van der Waals surface area contributed by atoms with Gasteiger partial charge in [-0.05, 0) is 31.2 Å². The molecule has 0 aromatic carbocycles. The van der Waals surface area contributed by atoms with Crippen LogP contribution in [-0.2, 0) is 6.54 Å². The van der Waals surface area contributed by atoms with Crippen LogP contribution in [0.5, 0.6) is 0 Å². The van der Waals surface area contributed by atoms with Gasteiger partial charge in [0.05, 0.1) is 23.9 Å². The highest BCUT2D eigenvalue weighted by molar-refractivity contribution is 5.46. The molecular formula is C14H14N4. The Balaban J connectivity index is 2.21. The predicted octanol–water partition coefficient (Wildman–Crippen LogP) is 2.29. The average molecular weight is 238 g/mol. The van der Waals surface area contributed by atoms with E-state index in [1.54, 1.807) is 18.3 Å². The van der Waals surface area contributed by atoms with Crippen molar-refractivity contribution >= 4 is 5.82 Å². The van der Waals surface area contributed by atoms with Crippen LogP contribution in [0.4, 0.5) is 5.82 Å². The van der Waals surface area contributed by atoms with Crippen LogP contribution in [0.2, 0.25) is 0 Å². The van der Waals surface area contributed by atoms with Gasteiger partial charge in [0.2, 0.25) is 0 Å². The fourth-order valence-electron chi connectivity index (χ4n) is 1.73. The molecule has 18 heavy (non-hydrogen) atoms. The molecule has 4 nitrogen and oxygen atoms in total. The molecule has 0 atom stereocenters. The molecule has 2 aromatic rings. The lowest BCUT2D eigenvalue weighted by molar-refractivity contribution is 0.861. The molecule has 0 amide bonds. The minimum atomic E-state index is 0.630. The van der Waals surface area contributed by atoms with Crippen molar-refractivity contribution < 1.29 is 0 Å². The molecule has 0 saturated heterocycles. The van der Waals surface area contributed by atoms with Crippen LogP contribution >= 0.6 is 0 Å². The summed E-state index contributed by atoms with van der Waals surface area (Å²) in [5.74, 6) is 0.789. The molecule has 0 aliphatic rings. The van der Waals surface area contributed by atoms with Gasteiger partial charge in [-0.3, -0.25) is 4.98 Å². The van der Waals surface area contributed by atoms with E-state index in [0.717, 1.165) is 17.2 Å². The fourth-order valence-corrected chi connectivity index (χ4v) is 1.73. The van der Waals surface area contributed by atoms with Crippen molar-refractivity contribution in [1.29, 1.82) is 5.26 Å². The average Bonchev–Trinajstić information content (AvgIpc) is 2.39. The van der Waals surface area contributed by atoms with E-state index in [1.165, 1.54) is 0 Å². The van der Waals surface area contributed by atoms with Crippen molar-refractivity contribution in [2.75, 3.05) is 11.9 Å². The van der Waals surface area contributed by atoms with E-state index < -0.39 is 0 Å². The molecule has 0 aliphatic carbocycles. The Kier molecular flexibility index (Phi) is 3.54. The summed E-state index contributed by atoms with van der Waals surface area (Å²) < 4.78 is 0. The largest absolute Gasteiger partial charge is 0.354 e. The molecule has 0 radical (unpaired) electrons. The van der Waals surface area contributed by atoms with E-state index in [1.807, 2.05) is 37.1 Å². The van der Waals surface area contributed by atoms with Gasteiger partial charge in [-0.1, -0.05) is 6.07 Å². The van der Waals surface area contributed by atoms with Crippen molar-refractivity contribution in [2.24, 2.45) is 0 Å². The van der Waals surface area contributed by atoms with Gasteiger partial charge in [0.1, 0.15) is 5.82 Å². The first-order valence-corrected chi connectivity index (χ1v) is 5.69. The Hall–Kier alpha value is -2.41. The summed E-state index contributed by atoms with van der Waals surface area (Å²) >= 11 is 0. The normalized spacial score (nSPS) is 9.83. The maximum atomic E-state index is 8.95. The number of nitrogens with zero attached hydrogens (tertiary/aromatic N) is 4. The maximum absolute atomic E-state index is 8.95. The monoisotopic (exact) mass is 238 g/mol. The van der Waals surface area contributed by atoms with E-state index in [-0.39, 0.29) is 0 Å². The molecule has 2 rings (SSSR count). The second-order valence-electron chi connectivity index (χ2n) is 4.14. The van der Waals surface area contributed by atoms with Gasteiger partial charge in [-0.15, -0.1) is 0 Å². The van der Waals surface area contributed by atoms with Crippen molar-refractivity contribution in [2.45, 2.75) is 13.5 Å². The summed E-state index contributed by atoms with van der Waals surface area (Å²) in [4.78, 5) is 10.7. The number of hydrogen-bond acceptors (Lipinski definition) is 4. The van der Waals surface area contributed by atoms with E-state index in [9.17, 15) is 0 Å². The molecule has 2 heterocycles. The summed E-state index contributed by atoms with van der Waals surface area (Å²) in [5, 5.41) is 8.95. The Bertz CT molecular complexity index is 572. The Morgan fingerprint density at radius 3 is 2.83 bits per heavy atom. The summed E-state index contributed by atoms with van der Waals surface area (Å²) in [6.07, 6.45) is 1.77. The molecule has 2 aromatic heterocycles. The summed E-state index contributed by atoms with van der Waals surface area (Å²) in [5.41, 5.74) is 2.45. The molecule has 0 unspecified atom stereocenters. The van der Waals surface area contributed by atoms with Crippen molar-refractivity contribution in [3.05, 3.63) is 53.5 Å². The number of aryl methyl sites for hydroxylation is 1. The molecule has 0 N–H and O–H groups in total. The van der Waals surface area contributed by atoms with E-state index in [0.29, 0.717) is 12.1 Å². The molecule has 0 spiro atoms. The zero-order chi connectivity index (χ0) is 13.0. The third-order valence-corrected chi connectivity index (χ3v) is 2.59. The third-order valence-electron chi connectivity index (χ3n) is 2.59. The lowest BCUT2D eigenvalue weighted by Crippen LogP contribution is -2.18. The highest BCUT2D eigenvalue weighted by Crippen LogP contribution is 2.15. The zero-order valence-electron chi connectivity index (χ0n) is 10.5. The summed E-state index contributed by atoms with van der Waals surface area (Å²) in [6, 6.07) is 11.5. The first kappa shape index (κ1) is 12.1. The van der Waals surface area contributed by atoms with Crippen LogP contribution in [0.1, 0.15) is 17.0 Å². The van der Waals surface area contributed by atoms with E-state index in [2.05, 4.69) is 16.0 Å². The number of anilines is 1. The zero-order valence-corrected chi connectivity index (χ0v) is 10.5. The number of pyridine rings is 2. The minimum Gasteiger partial charge on any atom is -0.354 e. The summed E-state index contributed by atoms with van der Waals surface area (Å²) in [7, 11) is 1.94. The number of nitriles is 1. The fraction of sp³-hybridized carbons (Fsp3) is 0.214. The van der Waals surface area contributed by atoms with Crippen LogP contribution < -0.4 is 4.90 Å². The Morgan fingerprint density at radius 1 is 1.33 bits per heavy atom.